The summed E-state index contributed by atoms with van der Waals surface area (Å²) in [5.74, 6) is 0.717. The van der Waals surface area contributed by atoms with Gasteiger partial charge in [-0.15, -0.1) is 0 Å². The van der Waals surface area contributed by atoms with E-state index < -0.39 is 25.7 Å². The van der Waals surface area contributed by atoms with Crippen molar-refractivity contribution in [1.82, 2.24) is 0 Å². The van der Waals surface area contributed by atoms with Crippen LogP contribution in [0.1, 0.15) is 115 Å². The second-order valence-corrected chi connectivity index (χ2v) is 20.3. The maximum atomic E-state index is 15.6. The normalized spacial score (nSPS) is 22.5. The van der Waals surface area contributed by atoms with Gasteiger partial charge in [-0.2, -0.15) is 0 Å². The van der Waals surface area contributed by atoms with Crippen molar-refractivity contribution < 1.29 is 23.4 Å². The van der Waals surface area contributed by atoms with Crippen LogP contribution < -0.4 is 5.19 Å². The Labute approximate surface area is 284 Å². The Bertz CT molecular complexity index is 1290. The quantitative estimate of drug-likeness (QED) is 0.0839. The maximum Gasteiger partial charge on any atom is 0.333 e. The van der Waals surface area contributed by atoms with Crippen LogP contribution in [0.5, 0.6) is 0 Å². The van der Waals surface area contributed by atoms with E-state index >= 15 is 8.78 Å². The van der Waals surface area contributed by atoms with Crippen LogP contribution in [0.4, 0.5) is 8.78 Å². The van der Waals surface area contributed by atoms with Crippen molar-refractivity contribution >= 4 is 19.2 Å². The number of esters is 1. The second-order valence-electron chi connectivity index (χ2n) is 15.5. The van der Waals surface area contributed by atoms with E-state index in [1.807, 2.05) is 18.2 Å². The van der Waals surface area contributed by atoms with Gasteiger partial charge in [-0.1, -0.05) is 119 Å². The smallest absolute Gasteiger partial charge is 0.333 e. The Morgan fingerprint density at radius 2 is 1.55 bits per heavy atom. The number of hydrogen-bond donors (Lipinski definition) is 1. The summed E-state index contributed by atoms with van der Waals surface area (Å²) in [6.45, 7) is 12.3. The van der Waals surface area contributed by atoms with E-state index in [1.165, 1.54) is 56.6 Å². The molecule has 2 aromatic carbocycles. The van der Waals surface area contributed by atoms with Gasteiger partial charge < -0.3 is 9.84 Å². The first-order valence-electron chi connectivity index (χ1n) is 18.6. The molecular formula is C41H60F2O3Si. The monoisotopic (exact) mass is 666 g/mol. The molecule has 0 spiro atoms. The Morgan fingerprint density at radius 3 is 2.15 bits per heavy atom. The number of aliphatic hydroxyl groups is 1. The lowest BCUT2D eigenvalue weighted by molar-refractivity contribution is -0.140. The Morgan fingerprint density at radius 1 is 0.915 bits per heavy atom. The van der Waals surface area contributed by atoms with Crippen LogP contribution >= 0.6 is 0 Å². The number of carbonyl (C=O) groups excluding carboxylic acids is 1. The fourth-order valence-electron chi connectivity index (χ4n) is 8.26. The zero-order valence-corrected chi connectivity index (χ0v) is 30.6. The van der Waals surface area contributed by atoms with Crippen LogP contribution in [0, 0.1) is 35.3 Å². The van der Waals surface area contributed by atoms with Crippen LogP contribution in [0.2, 0.25) is 19.1 Å². The largest absolute Gasteiger partial charge is 0.462 e. The number of carbonyl (C=O) groups is 1. The van der Waals surface area contributed by atoms with Crippen molar-refractivity contribution in [2.75, 3.05) is 13.2 Å². The van der Waals surface area contributed by atoms with Gasteiger partial charge in [0.1, 0.15) is 0 Å². The Kier molecular flexibility index (Phi) is 14.3. The number of ether oxygens (including phenoxy) is 1. The molecule has 1 unspecified atom stereocenters. The van der Waals surface area contributed by atoms with Gasteiger partial charge in [-0.3, -0.25) is 0 Å². The number of halogens is 2. The summed E-state index contributed by atoms with van der Waals surface area (Å²) in [5, 5.41) is 11.0. The van der Waals surface area contributed by atoms with Gasteiger partial charge in [-0.25, -0.2) is 13.6 Å². The molecule has 2 aromatic rings. The van der Waals surface area contributed by atoms with Gasteiger partial charge in [0.2, 0.25) is 0 Å². The van der Waals surface area contributed by atoms with E-state index in [4.69, 9.17) is 4.74 Å². The van der Waals surface area contributed by atoms with Gasteiger partial charge in [0.15, 0.2) is 11.6 Å². The number of aliphatic hydroxyl groups excluding tert-OH is 1. The third-order valence-corrected chi connectivity index (χ3v) is 15.0. The SMILES string of the molecule is C=C(C)C(=O)OCC(CO)CCC[Si](C)(C)c1ccc(-c2ccc(C3CCC(C4CCC(CCCCC)CC4)CC3)c(F)c2F)cc1. The lowest BCUT2D eigenvalue weighted by atomic mass is 9.68. The Balaban J connectivity index is 1.29. The lowest BCUT2D eigenvalue weighted by Gasteiger charge is -2.38. The minimum atomic E-state index is -1.80. The Hall–Kier alpha value is -2.31. The van der Waals surface area contributed by atoms with Gasteiger partial charge in [0.05, 0.1) is 14.7 Å². The van der Waals surface area contributed by atoms with Gasteiger partial charge in [-0.05, 0) is 86.7 Å². The highest BCUT2D eigenvalue weighted by atomic mass is 28.3. The molecule has 47 heavy (non-hydrogen) atoms. The fourth-order valence-corrected chi connectivity index (χ4v) is 10.7. The van der Waals surface area contributed by atoms with Crippen molar-refractivity contribution in [3.63, 3.8) is 0 Å². The molecule has 0 radical (unpaired) electrons. The first-order valence-corrected chi connectivity index (χ1v) is 21.8. The van der Waals surface area contributed by atoms with E-state index in [0.29, 0.717) is 22.3 Å². The molecule has 0 heterocycles. The standard InChI is InChI=1S/C41H60F2O3Si/c1-6-7-8-10-30-12-14-32(15-13-30)33-16-18-34(19-17-33)37-24-25-38(40(43)39(37)42)35-20-22-36(23-21-35)47(4,5)26-9-11-31(27-44)28-46-41(45)29(2)3/h20-25,30-34,44H,2,6-19,26-28H2,1,3-5H3. The average molecular weight is 667 g/mol. The summed E-state index contributed by atoms with van der Waals surface area (Å²) in [7, 11) is -1.80. The van der Waals surface area contributed by atoms with Crippen molar-refractivity contribution in [3.05, 3.63) is 65.7 Å². The number of hydrogen-bond acceptors (Lipinski definition) is 3. The third kappa shape index (κ3) is 10.3. The van der Waals surface area contributed by atoms with Crippen molar-refractivity contribution in [3.8, 4) is 11.1 Å². The molecular weight excluding hydrogens is 607 g/mol. The zero-order chi connectivity index (χ0) is 34.0. The molecule has 6 heteroatoms. The summed E-state index contributed by atoms with van der Waals surface area (Å²) in [6, 6.07) is 12.6. The van der Waals surface area contributed by atoms with Crippen LogP contribution in [-0.2, 0) is 9.53 Å². The van der Waals surface area contributed by atoms with Crippen LogP contribution in [0.15, 0.2) is 48.6 Å². The molecule has 1 N–H and O–H groups in total. The molecule has 0 aromatic heterocycles. The van der Waals surface area contributed by atoms with Crippen LogP contribution in [0.25, 0.3) is 11.1 Å². The minimum absolute atomic E-state index is 0.0253. The van der Waals surface area contributed by atoms with Gasteiger partial charge in [0.25, 0.3) is 0 Å². The molecule has 260 valence electrons. The van der Waals surface area contributed by atoms with E-state index in [2.05, 4.69) is 38.7 Å². The fraction of sp³-hybridized carbons (Fsp3) is 0.634. The van der Waals surface area contributed by atoms with E-state index in [1.54, 1.807) is 13.0 Å². The molecule has 2 aliphatic carbocycles. The first kappa shape index (κ1) is 37.5. The molecule has 0 amide bonds. The number of benzene rings is 2. The molecule has 2 aliphatic rings. The van der Waals surface area contributed by atoms with Crippen LogP contribution in [0.3, 0.4) is 0 Å². The molecule has 2 fully saturated rings. The lowest BCUT2D eigenvalue weighted by Crippen LogP contribution is -2.41. The van der Waals surface area contributed by atoms with Gasteiger partial charge in [0, 0.05) is 23.7 Å². The molecule has 1 atom stereocenters. The summed E-state index contributed by atoms with van der Waals surface area (Å²) >= 11 is 0. The summed E-state index contributed by atoms with van der Waals surface area (Å²) in [5.41, 5.74) is 1.95. The van der Waals surface area contributed by atoms with Crippen molar-refractivity contribution in [1.29, 1.82) is 0 Å². The molecule has 0 bridgehead atoms. The topological polar surface area (TPSA) is 46.5 Å². The minimum Gasteiger partial charge on any atom is -0.462 e. The van der Waals surface area contributed by atoms with Crippen molar-refractivity contribution in [2.24, 2.45) is 23.7 Å². The van der Waals surface area contributed by atoms with Gasteiger partial charge >= 0.3 is 5.97 Å². The molecule has 3 nitrogen and oxygen atoms in total. The predicted molar refractivity (Wildman–Crippen MR) is 194 cm³/mol. The summed E-state index contributed by atoms with van der Waals surface area (Å²) in [4.78, 5) is 11.7. The predicted octanol–water partition coefficient (Wildman–Crippen LogP) is 10.7. The van der Waals surface area contributed by atoms with E-state index in [9.17, 15) is 9.90 Å². The summed E-state index contributed by atoms with van der Waals surface area (Å²) in [6.07, 6.45) is 16.8. The van der Waals surface area contributed by atoms with Crippen LogP contribution in [-0.4, -0.2) is 32.4 Å². The zero-order valence-electron chi connectivity index (χ0n) is 29.6. The summed E-state index contributed by atoms with van der Waals surface area (Å²) < 4.78 is 36.4. The first-order chi connectivity index (χ1) is 22.5. The highest BCUT2D eigenvalue weighted by Gasteiger charge is 2.33. The number of unbranched alkanes of at least 4 members (excludes halogenated alkanes) is 2. The van der Waals surface area contributed by atoms with Crippen molar-refractivity contribution in [2.45, 2.75) is 129 Å². The molecule has 0 saturated heterocycles. The molecule has 0 aliphatic heterocycles. The molecule has 2 saturated carbocycles. The van der Waals surface area contributed by atoms with E-state index in [0.717, 1.165) is 62.3 Å². The maximum absolute atomic E-state index is 15.6. The second kappa shape index (κ2) is 17.9. The third-order valence-electron chi connectivity index (χ3n) is 11.5. The molecule has 4 rings (SSSR count). The number of rotatable bonds is 16. The highest BCUT2D eigenvalue weighted by molar-refractivity contribution is 6.89. The van der Waals surface area contributed by atoms with E-state index in [-0.39, 0.29) is 25.0 Å². The average Bonchev–Trinajstić information content (AvgIpc) is 3.08. The highest BCUT2D eigenvalue weighted by Crippen LogP contribution is 2.45.